The molecule has 0 amide bonds. The maximum atomic E-state index is 12.3. The summed E-state index contributed by atoms with van der Waals surface area (Å²) in [7, 11) is 0. The number of esters is 1. The molecule has 0 bridgehead atoms. The van der Waals surface area contributed by atoms with Gasteiger partial charge in [-0.05, 0) is 41.5 Å². The summed E-state index contributed by atoms with van der Waals surface area (Å²) in [5.41, 5.74) is 0. The summed E-state index contributed by atoms with van der Waals surface area (Å²) >= 11 is 6.35. The number of ether oxygens (including phenoxy) is 7. The first-order valence-electron chi connectivity index (χ1n) is 8.86. The third-order valence-corrected chi connectivity index (χ3v) is 5.18. The molecule has 9 heteroatoms. The monoisotopic (exact) mass is 392 g/mol. The number of alkyl halides is 1. The van der Waals surface area contributed by atoms with Crippen LogP contribution in [0.15, 0.2) is 0 Å². The van der Waals surface area contributed by atoms with Crippen molar-refractivity contribution in [2.75, 3.05) is 0 Å². The highest BCUT2D eigenvalue weighted by Gasteiger charge is 2.73. The van der Waals surface area contributed by atoms with E-state index in [1.54, 1.807) is 27.7 Å². The molecule has 0 radical (unpaired) electrons. The molecular weight excluding hydrogens is 368 g/mol. The van der Waals surface area contributed by atoms with Crippen molar-refractivity contribution in [2.45, 2.75) is 101 Å². The van der Waals surface area contributed by atoms with Crippen molar-refractivity contribution >= 4 is 17.6 Å². The Morgan fingerprint density at radius 3 is 2.04 bits per heavy atom. The van der Waals surface area contributed by atoms with Gasteiger partial charge in [-0.1, -0.05) is 11.6 Å². The fourth-order valence-electron chi connectivity index (χ4n) is 3.77. The van der Waals surface area contributed by atoms with E-state index in [-0.39, 0.29) is 6.10 Å². The Kier molecular flexibility index (Phi) is 4.18. The molecule has 4 aliphatic heterocycles. The van der Waals surface area contributed by atoms with E-state index in [0.29, 0.717) is 0 Å². The lowest BCUT2D eigenvalue weighted by Gasteiger charge is -2.36. The Hall–Kier alpha value is -0.480. The largest absolute Gasteiger partial charge is 0.460 e. The first-order valence-corrected chi connectivity index (χ1v) is 9.24. The number of carbonyl (C=O) groups excluding carboxylic acids is 1. The maximum Gasteiger partial charge on any atom is 0.357 e. The zero-order valence-electron chi connectivity index (χ0n) is 15.7. The van der Waals surface area contributed by atoms with Crippen LogP contribution in [0.4, 0.5) is 0 Å². The van der Waals surface area contributed by atoms with Gasteiger partial charge < -0.3 is 33.2 Å². The third kappa shape index (κ3) is 3.05. The summed E-state index contributed by atoms with van der Waals surface area (Å²) in [6, 6.07) is 0. The van der Waals surface area contributed by atoms with Crippen LogP contribution in [0, 0.1) is 0 Å². The average molecular weight is 393 g/mol. The molecule has 4 fully saturated rings. The molecule has 4 saturated heterocycles. The fourth-order valence-corrected chi connectivity index (χ4v) is 4.04. The fraction of sp³-hybridized carbons (Fsp3) is 0.941. The number of carbonyl (C=O) groups is 1. The van der Waals surface area contributed by atoms with Crippen LogP contribution in [0.2, 0.25) is 0 Å². The maximum absolute atomic E-state index is 12.3. The Balaban J connectivity index is 1.57. The normalized spacial score (nSPS) is 48.2. The average Bonchev–Trinajstić information content (AvgIpc) is 2.90. The summed E-state index contributed by atoms with van der Waals surface area (Å²) in [4.78, 5) is 12.3. The zero-order chi connectivity index (χ0) is 19.1. The van der Waals surface area contributed by atoms with E-state index in [0.717, 1.165) is 0 Å². The number of epoxide rings is 1. The van der Waals surface area contributed by atoms with E-state index in [4.69, 9.17) is 44.8 Å². The van der Waals surface area contributed by atoms with Crippen molar-refractivity contribution in [1.29, 1.82) is 0 Å². The number of hydrogen-bond donors (Lipinski definition) is 0. The van der Waals surface area contributed by atoms with Gasteiger partial charge >= 0.3 is 5.97 Å². The molecule has 4 heterocycles. The standard InChI is InChI=1S/C17H25ClO8/c1-7(2)20-14(19)17(18)12(25-17)10-8-9(23-15(3,4)22-8)11-13(21-10)26-16(5,6)24-11/h7-13H,1-6H3/t8-,9+,10+,11-,12?,13-,17?/m1/s1. The van der Waals surface area contributed by atoms with Crippen LogP contribution in [0.25, 0.3) is 0 Å². The second kappa shape index (κ2) is 5.76. The van der Waals surface area contributed by atoms with Crippen LogP contribution in [0.3, 0.4) is 0 Å². The molecule has 0 saturated carbocycles. The number of rotatable bonds is 3. The second-order valence-corrected chi connectivity index (χ2v) is 8.83. The van der Waals surface area contributed by atoms with Crippen molar-refractivity contribution in [3.63, 3.8) is 0 Å². The van der Waals surface area contributed by atoms with Crippen LogP contribution in [-0.4, -0.2) is 65.5 Å². The van der Waals surface area contributed by atoms with Gasteiger partial charge in [-0.15, -0.1) is 0 Å². The van der Waals surface area contributed by atoms with Crippen molar-refractivity contribution < 1.29 is 38.0 Å². The molecule has 0 aromatic rings. The molecule has 7 atom stereocenters. The van der Waals surface area contributed by atoms with Crippen molar-refractivity contribution in [3.8, 4) is 0 Å². The molecule has 148 valence electrons. The Morgan fingerprint density at radius 1 is 0.885 bits per heavy atom. The van der Waals surface area contributed by atoms with E-state index in [9.17, 15) is 4.79 Å². The van der Waals surface area contributed by atoms with Gasteiger partial charge in [0.15, 0.2) is 17.9 Å². The lowest BCUT2D eigenvalue weighted by molar-refractivity contribution is -0.237. The van der Waals surface area contributed by atoms with Crippen molar-refractivity contribution in [1.82, 2.24) is 0 Å². The van der Waals surface area contributed by atoms with Gasteiger partial charge in [-0.3, -0.25) is 0 Å². The predicted octanol–water partition coefficient (Wildman–Crippen LogP) is 1.67. The topological polar surface area (TPSA) is 85.0 Å². The summed E-state index contributed by atoms with van der Waals surface area (Å²) in [5, 5.41) is -1.59. The molecule has 8 nitrogen and oxygen atoms in total. The smallest absolute Gasteiger partial charge is 0.357 e. The molecule has 0 aromatic heterocycles. The van der Waals surface area contributed by atoms with Gasteiger partial charge in [0.05, 0.1) is 6.10 Å². The molecule has 2 unspecified atom stereocenters. The molecular formula is C17H25ClO8. The van der Waals surface area contributed by atoms with Crippen molar-refractivity contribution in [3.05, 3.63) is 0 Å². The highest BCUT2D eigenvalue weighted by atomic mass is 35.5. The highest BCUT2D eigenvalue weighted by molar-refractivity contribution is 6.35. The lowest BCUT2D eigenvalue weighted by Crippen LogP contribution is -2.57. The summed E-state index contributed by atoms with van der Waals surface area (Å²) in [6.07, 6.45) is -3.74. The van der Waals surface area contributed by atoms with Gasteiger partial charge in [-0.2, -0.15) is 0 Å². The van der Waals surface area contributed by atoms with E-state index in [1.807, 2.05) is 13.8 Å². The molecule has 26 heavy (non-hydrogen) atoms. The van der Waals surface area contributed by atoms with Crippen molar-refractivity contribution in [2.24, 2.45) is 0 Å². The van der Waals surface area contributed by atoms with Crippen LogP contribution >= 0.6 is 11.6 Å². The minimum atomic E-state index is -1.59. The number of hydrogen-bond acceptors (Lipinski definition) is 8. The minimum absolute atomic E-state index is 0.301. The first-order chi connectivity index (χ1) is 11.9. The van der Waals surface area contributed by atoms with Crippen LogP contribution in [-0.2, 0) is 38.0 Å². The molecule has 4 rings (SSSR count). The number of fused-ring (bicyclic) bond motifs is 3. The van der Waals surface area contributed by atoms with Gasteiger partial charge in [0.2, 0.25) is 0 Å². The molecule has 0 N–H and O–H groups in total. The highest BCUT2D eigenvalue weighted by Crippen LogP contribution is 2.52. The summed E-state index contributed by atoms with van der Waals surface area (Å²) in [5.74, 6) is -2.28. The van der Waals surface area contributed by atoms with Crippen LogP contribution < -0.4 is 0 Å². The summed E-state index contributed by atoms with van der Waals surface area (Å²) in [6.45, 7) is 10.7. The molecule has 0 aliphatic carbocycles. The SMILES string of the molecule is CC(C)OC(=O)C1(Cl)OC1[C@H]1O[C@@H]2OC(C)(C)O[C@@H]2[C@H]2OC(C)(C)O[C@H]21. The van der Waals surface area contributed by atoms with Gasteiger partial charge in [0.1, 0.15) is 30.5 Å². The van der Waals surface area contributed by atoms with Gasteiger partial charge in [-0.25, -0.2) is 4.79 Å². The van der Waals surface area contributed by atoms with E-state index in [1.165, 1.54) is 0 Å². The zero-order valence-corrected chi connectivity index (χ0v) is 16.4. The van der Waals surface area contributed by atoms with Gasteiger partial charge in [0, 0.05) is 0 Å². The van der Waals surface area contributed by atoms with E-state index < -0.39 is 59.4 Å². The van der Waals surface area contributed by atoms with Crippen LogP contribution in [0.5, 0.6) is 0 Å². The molecule has 4 aliphatic rings. The molecule has 0 spiro atoms. The Labute approximate surface area is 157 Å². The Morgan fingerprint density at radius 2 is 1.42 bits per heavy atom. The quantitative estimate of drug-likeness (QED) is 0.407. The van der Waals surface area contributed by atoms with Crippen LogP contribution in [0.1, 0.15) is 41.5 Å². The third-order valence-electron chi connectivity index (χ3n) is 4.72. The number of halogens is 1. The van der Waals surface area contributed by atoms with E-state index >= 15 is 0 Å². The van der Waals surface area contributed by atoms with E-state index in [2.05, 4.69) is 0 Å². The second-order valence-electron chi connectivity index (χ2n) is 8.27. The Bertz CT molecular complexity index is 608. The minimum Gasteiger partial charge on any atom is -0.460 e. The first kappa shape index (κ1) is 18.9. The van der Waals surface area contributed by atoms with Gasteiger partial charge in [0.25, 0.3) is 5.06 Å². The summed E-state index contributed by atoms with van der Waals surface area (Å²) < 4.78 is 40.6. The predicted molar refractivity (Wildman–Crippen MR) is 87.2 cm³/mol. The molecule has 0 aromatic carbocycles. The lowest BCUT2D eigenvalue weighted by atomic mass is 9.95.